The van der Waals surface area contributed by atoms with Gasteiger partial charge in [-0.25, -0.2) is 4.98 Å². The van der Waals surface area contributed by atoms with Crippen molar-refractivity contribution < 1.29 is 9.52 Å². The third-order valence-corrected chi connectivity index (χ3v) is 3.39. The summed E-state index contributed by atoms with van der Waals surface area (Å²) in [4.78, 5) is 16.7. The molecule has 0 radical (unpaired) electrons. The van der Waals surface area contributed by atoms with E-state index in [0.29, 0.717) is 21.5 Å². The van der Waals surface area contributed by atoms with E-state index in [1.54, 1.807) is 31.2 Å². The normalized spacial score (nSPS) is 11.1. The number of rotatable bonds is 3. The molecule has 4 heteroatoms. The van der Waals surface area contributed by atoms with Crippen LogP contribution in [-0.2, 0) is 0 Å². The van der Waals surface area contributed by atoms with Crippen LogP contribution < -0.4 is 4.73 Å². The van der Waals surface area contributed by atoms with E-state index in [2.05, 4.69) is 4.98 Å². The number of hydrogen-bond acceptors (Lipinski definition) is 3. The number of ketones is 1. The van der Waals surface area contributed by atoms with Gasteiger partial charge in [-0.15, -0.1) is 0 Å². The van der Waals surface area contributed by atoms with Gasteiger partial charge in [-0.1, -0.05) is 48.5 Å². The minimum absolute atomic E-state index is 0.0610. The van der Waals surface area contributed by atoms with Crippen molar-refractivity contribution >= 4 is 22.9 Å². The molecule has 3 rings (SSSR count). The SMILES string of the molecule is Cc1nc2ccccc2[n+]([O-])c1C(=O)/C=C/c1ccccc1. The number of aryl methyl sites for hydroxylation is 1. The van der Waals surface area contributed by atoms with Gasteiger partial charge >= 0.3 is 0 Å². The highest BCUT2D eigenvalue weighted by atomic mass is 16.5. The molecule has 0 aliphatic rings. The average Bonchev–Trinajstić information content (AvgIpc) is 2.54. The Kier molecular flexibility index (Phi) is 3.66. The fourth-order valence-electron chi connectivity index (χ4n) is 2.32. The van der Waals surface area contributed by atoms with Gasteiger partial charge in [0.1, 0.15) is 11.2 Å². The largest absolute Gasteiger partial charge is 0.618 e. The maximum Gasteiger partial charge on any atom is 0.286 e. The monoisotopic (exact) mass is 290 g/mol. The predicted octanol–water partition coefficient (Wildman–Crippen LogP) is 3.07. The van der Waals surface area contributed by atoms with Crippen LogP contribution in [0.25, 0.3) is 17.1 Å². The van der Waals surface area contributed by atoms with Gasteiger partial charge in [-0.05, 0) is 24.6 Å². The van der Waals surface area contributed by atoms with Crippen LogP contribution in [0.1, 0.15) is 21.7 Å². The Bertz CT molecular complexity index is 871. The molecule has 0 bridgehead atoms. The van der Waals surface area contributed by atoms with Gasteiger partial charge in [-0.2, -0.15) is 4.73 Å². The van der Waals surface area contributed by atoms with Crippen LogP contribution in [0.2, 0.25) is 0 Å². The highest BCUT2D eigenvalue weighted by molar-refractivity contribution is 6.05. The number of fused-ring (bicyclic) bond motifs is 1. The Balaban J connectivity index is 2.02. The van der Waals surface area contributed by atoms with Gasteiger partial charge in [0.15, 0.2) is 0 Å². The Hall–Kier alpha value is -3.01. The van der Waals surface area contributed by atoms with E-state index >= 15 is 0 Å². The highest BCUT2D eigenvalue weighted by Crippen LogP contribution is 2.12. The zero-order valence-corrected chi connectivity index (χ0v) is 12.1. The van der Waals surface area contributed by atoms with E-state index in [-0.39, 0.29) is 11.5 Å². The molecule has 22 heavy (non-hydrogen) atoms. The van der Waals surface area contributed by atoms with Crippen LogP contribution in [0.4, 0.5) is 0 Å². The topological polar surface area (TPSA) is 56.9 Å². The molecule has 0 aliphatic carbocycles. The summed E-state index contributed by atoms with van der Waals surface area (Å²) in [6.45, 7) is 1.67. The number of carbonyl (C=O) groups excluding carboxylic acids is 1. The average molecular weight is 290 g/mol. The lowest BCUT2D eigenvalue weighted by molar-refractivity contribution is -0.580. The van der Waals surface area contributed by atoms with E-state index in [1.165, 1.54) is 6.08 Å². The smallest absolute Gasteiger partial charge is 0.286 e. The molecule has 1 heterocycles. The van der Waals surface area contributed by atoms with E-state index < -0.39 is 0 Å². The Labute approximate surface area is 127 Å². The van der Waals surface area contributed by atoms with Crippen molar-refractivity contribution in [3.05, 3.63) is 82.8 Å². The van der Waals surface area contributed by atoms with E-state index in [0.717, 1.165) is 5.56 Å². The van der Waals surface area contributed by atoms with Crippen LogP contribution in [-0.4, -0.2) is 10.8 Å². The van der Waals surface area contributed by atoms with Crippen molar-refractivity contribution in [2.24, 2.45) is 0 Å². The Morgan fingerprint density at radius 2 is 1.77 bits per heavy atom. The molecule has 0 atom stereocenters. The molecular weight excluding hydrogens is 276 g/mol. The number of allylic oxidation sites excluding steroid dienone is 1. The summed E-state index contributed by atoms with van der Waals surface area (Å²) in [6.07, 6.45) is 3.10. The summed E-state index contributed by atoms with van der Waals surface area (Å²) in [5.74, 6) is -0.352. The fourth-order valence-corrected chi connectivity index (χ4v) is 2.32. The van der Waals surface area contributed by atoms with E-state index in [1.807, 2.05) is 36.4 Å². The third kappa shape index (κ3) is 2.59. The molecule has 4 nitrogen and oxygen atoms in total. The lowest BCUT2D eigenvalue weighted by Gasteiger charge is -2.07. The number of benzene rings is 2. The third-order valence-electron chi connectivity index (χ3n) is 3.39. The summed E-state index contributed by atoms with van der Waals surface area (Å²) in [5.41, 5.74) is 2.37. The number of carbonyl (C=O) groups is 1. The van der Waals surface area contributed by atoms with Crippen LogP contribution in [0, 0.1) is 12.1 Å². The van der Waals surface area contributed by atoms with E-state index in [9.17, 15) is 10.0 Å². The lowest BCUT2D eigenvalue weighted by atomic mass is 10.1. The summed E-state index contributed by atoms with van der Waals surface area (Å²) in [7, 11) is 0. The van der Waals surface area contributed by atoms with Crippen molar-refractivity contribution in [1.82, 2.24) is 4.98 Å². The summed E-state index contributed by atoms with van der Waals surface area (Å²) in [6, 6.07) is 16.4. The minimum atomic E-state index is -0.352. The molecule has 0 N–H and O–H groups in total. The molecule has 0 saturated heterocycles. The standard InChI is InChI=1S/C18H14N2O2/c1-13-18(17(21)12-11-14-7-3-2-4-8-14)20(22)16-10-6-5-9-15(16)19-13/h2-12H,1H3/b12-11+. The van der Waals surface area contributed by atoms with Crippen molar-refractivity contribution in [3.8, 4) is 0 Å². The molecule has 3 aromatic rings. The minimum Gasteiger partial charge on any atom is -0.618 e. The Morgan fingerprint density at radius 3 is 2.55 bits per heavy atom. The summed E-state index contributed by atoms with van der Waals surface area (Å²) >= 11 is 0. The predicted molar refractivity (Wildman–Crippen MR) is 85.2 cm³/mol. The van der Waals surface area contributed by atoms with Crippen molar-refractivity contribution in [3.63, 3.8) is 0 Å². The molecule has 1 aromatic heterocycles. The number of hydrogen-bond donors (Lipinski definition) is 0. The maximum absolute atomic E-state index is 12.4. The second-order valence-corrected chi connectivity index (χ2v) is 4.94. The molecular formula is C18H14N2O2. The first-order valence-corrected chi connectivity index (χ1v) is 6.93. The van der Waals surface area contributed by atoms with Gasteiger partial charge < -0.3 is 5.21 Å². The van der Waals surface area contributed by atoms with Crippen LogP contribution in [0.15, 0.2) is 60.7 Å². The number of para-hydroxylation sites is 2. The first-order chi connectivity index (χ1) is 10.7. The highest BCUT2D eigenvalue weighted by Gasteiger charge is 2.21. The zero-order chi connectivity index (χ0) is 15.5. The summed E-state index contributed by atoms with van der Waals surface area (Å²) < 4.78 is 0.662. The van der Waals surface area contributed by atoms with Gasteiger partial charge in [0, 0.05) is 6.07 Å². The van der Waals surface area contributed by atoms with Crippen LogP contribution in [0.3, 0.4) is 0 Å². The molecule has 0 spiro atoms. The molecule has 108 valence electrons. The van der Waals surface area contributed by atoms with Gasteiger partial charge in [-0.3, -0.25) is 4.79 Å². The quantitative estimate of drug-likeness (QED) is 0.322. The van der Waals surface area contributed by atoms with E-state index in [4.69, 9.17) is 0 Å². The van der Waals surface area contributed by atoms with Gasteiger partial charge in [0.05, 0.1) is 0 Å². The molecule has 0 fully saturated rings. The second kappa shape index (κ2) is 5.77. The van der Waals surface area contributed by atoms with Crippen LogP contribution in [0.5, 0.6) is 0 Å². The van der Waals surface area contributed by atoms with Crippen molar-refractivity contribution in [1.29, 1.82) is 0 Å². The molecule has 0 saturated carbocycles. The second-order valence-electron chi connectivity index (χ2n) is 4.94. The van der Waals surface area contributed by atoms with Crippen molar-refractivity contribution in [2.45, 2.75) is 6.92 Å². The maximum atomic E-state index is 12.4. The fraction of sp³-hybridized carbons (Fsp3) is 0.0556. The zero-order valence-electron chi connectivity index (χ0n) is 12.1. The molecule has 0 unspecified atom stereocenters. The summed E-state index contributed by atoms with van der Waals surface area (Å²) in [5, 5.41) is 12.4. The van der Waals surface area contributed by atoms with Gasteiger partial charge in [0.2, 0.25) is 5.52 Å². The number of aromatic nitrogens is 2. The van der Waals surface area contributed by atoms with Crippen molar-refractivity contribution in [2.75, 3.05) is 0 Å². The molecule has 2 aromatic carbocycles. The first-order valence-electron chi connectivity index (χ1n) is 6.93. The lowest BCUT2D eigenvalue weighted by Crippen LogP contribution is -2.36. The molecule has 0 aliphatic heterocycles. The number of nitrogens with zero attached hydrogens (tertiary/aromatic N) is 2. The van der Waals surface area contributed by atoms with Gasteiger partial charge in [0.25, 0.3) is 11.5 Å². The van der Waals surface area contributed by atoms with Crippen LogP contribution >= 0.6 is 0 Å². The Morgan fingerprint density at radius 1 is 1.09 bits per heavy atom. The first kappa shape index (κ1) is 13.9. The molecule has 0 amide bonds.